The first kappa shape index (κ1) is 24.5. The summed E-state index contributed by atoms with van der Waals surface area (Å²) in [4.78, 5) is 15.3. The van der Waals surface area contributed by atoms with E-state index in [4.69, 9.17) is 9.47 Å². The molecule has 0 unspecified atom stereocenters. The predicted molar refractivity (Wildman–Crippen MR) is 131 cm³/mol. The lowest BCUT2D eigenvalue weighted by Crippen LogP contribution is -2.36. The van der Waals surface area contributed by atoms with Gasteiger partial charge in [-0.15, -0.1) is 0 Å². The minimum atomic E-state index is -3.61. The Bertz CT molecular complexity index is 1090. The van der Waals surface area contributed by atoms with E-state index in [9.17, 15) is 13.2 Å². The number of sulfonamides is 1. The molecule has 1 heterocycles. The Kier molecular flexibility index (Phi) is 7.75. The molecule has 1 amide bonds. The van der Waals surface area contributed by atoms with E-state index in [1.165, 1.54) is 17.5 Å². The van der Waals surface area contributed by atoms with Crippen molar-refractivity contribution in [1.82, 2.24) is 9.21 Å². The maximum atomic E-state index is 13.1. The first-order chi connectivity index (χ1) is 16.4. The number of anilines is 1. The fourth-order valence-corrected chi connectivity index (χ4v) is 5.84. The maximum Gasteiger partial charge on any atom is 0.243 e. The number of carbonyl (C=O) groups excluding carboxylic acids is 1. The molecule has 0 atom stereocenters. The zero-order chi connectivity index (χ0) is 24.1. The highest BCUT2D eigenvalue weighted by Gasteiger charge is 2.31. The number of piperidine rings is 1. The standard InChI is InChI=1S/C25H33N3O5S/c1-32-21-10-6-19(7-11-21)17-27(20-8-9-20)18-25(29)26-23-16-22(12-13-24(23)33-2)34(30,31)28-14-4-3-5-15-28/h6-7,10-13,16,20H,3-5,8-9,14-15,17-18H2,1-2H3,(H,26,29). The Labute approximate surface area is 201 Å². The van der Waals surface area contributed by atoms with Gasteiger partial charge in [-0.25, -0.2) is 8.42 Å². The van der Waals surface area contributed by atoms with Crippen molar-refractivity contribution in [2.45, 2.75) is 49.6 Å². The summed E-state index contributed by atoms with van der Waals surface area (Å²) in [7, 11) is -0.473. The lowest BCUT2D eigenvalue weighted by atomic mass is 10.2. The summed E-state index contributed by atoms with van der Waals surface area (Å²) in [6.45, 7) is 1.92. The first-order valence-corrected chi connectivity index (χ1v) is 13.2. The van der Waals surface area contributed by atoms with Crippen LogP contribution in [-0.2, 0) is 21.4 Å². The van der Waals surface area contributed by atoms with Crippen molar-refractivity contribution in [3.63, 3.8) is 0 Å². The molecule has 0 bridgehead atoms. The Morgan fingerprint density at radius 3 is 2.35 bits per heavy atom. The molecule has 1 saturated heterocycles. The van der Waals surface area contributed by atoms with E-state index in [0.717, 1.165) is 43.4 Å². The molecule has 0 spiro atoms. The van der Waals surface area contributed by atoms with Crippen LogP contribution in [0.4, 0.5) is 5.69 Å². The van der Waals surface area contributed by atoms with Crippen LogP contribution in [0.5, 0.6) is 11.5 Å². The topological polar surface area (TPSA) is 88.2 Å². The molecule has 2 fully saturated rings. The number of carbonyl (C=O) groups is 1. The molecule has 2 aliphatic rings. The number of methoxy groups -OCH3 is 2. The largest absolute Gasteiger partial charge is 0.497 e. The molecule has 0 radical (unpaired) electrons. The fraction of sp³-hybridized carbons (Fsp3) is 0.480. The van der Waals surface area contributed by atoms with Crippen molar-refractivity contribution in [3.8, 4) is 11.5 Å². The van der Waals surface area contributed by atoms with Crippen molar-refractivity contribution >= 4 is 21.6 Å². The van der Waals surface area contributed by atoms with Crippen LogP contribution in [0.25, 0.3) is 0 Å². The van der Waals surface area contributed by atoms with Crippen molar-refractivity contribution < 1.29 is 22.7 Å². The van der Waals surface area contributed by atoms with E-state index in [1.807, 2.05) is 24.3 Å². The van der Waals surface area contributed by atoms with Gasteiger partial charge in [-0.05, 0) is 61.6 Å². The Balaban J connectivity index is 1.46. The van der Waals surface area contributed by atoms with Crippen LogP contribution in [-0.4, -0.2) is 63.4 Å². The highest BCUT2D eigenvalue weighted by Crippen LogP contribution is 2.31. The lowest BCUT2D eigenvalue weighted by molar-refractivity contribution is -0.117. The minimum absolute atomic E-state index is 0.169. The molecule has 1 aliphatic heterocycles. The Morgan fingerprint density at radius 2 is 1.74 bits per heavy atom. The SMILES string of the molecule is COc1ccc(CN(CC(=O)Nc2cc(S(=O)(=O)N3CCCCC3)ccc2OC)C2CC2)cc1. The van der Waals surface area contributed by atoms with Crippen molar-refractivity contribution in [1.29, 1.82) is 0 Å². The van der Waals surface area contributed by atoms with Crippen molar-refractivity contribution in [2.75, 3.05) is 39.2 Å². The van der Waals surface area contributed by atoms with Crippen LogP contribution in [0.2, 0.25) is 0 Å². The van der Waals surface area contributed by atoms with Crippen LogP contribution in [0, 0.1) is 0 Å². The molecule has 4 rings (SSSR count). The van der Waals surface area contributed by atoms with Gasteiger partial charge in [0.15, 0.2) is 0 Å². The third kappa shape index (κ3) is 5.89. The molecule has 34 heavy (non-hydrogen) atoms. The summed E-state index contributed by atoms with van der Waals surface area (Å²) < 4.78 is 38.3. The molecule has 1 aliphatic carbocycles. The normalized spacial score (nSPS) is 16.9. The van der Waals surface area contributed by atoms with E-state index < -0.39 is 10.0 Å². The Morgan fingerprint density at radius 1 is 1.03 bits per heavy atom. The van der Waals surface area contributed by atoms with Gasteiger partial charge in [-0.3, -0.25) is 9.69 Å². The second kappa shape index (κ2) is 10.8. The zero-order valence-electron chi connectivity index (χ0n) is 19.8. The molecule has 2 aromatic rings. The second-order valence-corrected chi connectivity index (χ2v) is 10.8. The van der Waals surface area contributed by atoms with Crippen molar-refractivity contribution in [3.05, 3.63) is 48.0 Å². The molecule has 9 heteroatoms. The van der Waals surface area contributed by atoms with Gasteiger partial charge < -0.3 is 14.8 Å². The van der Waals surface area contributed by atoms with Gasteiger partial charge >= 0.3 is 0 Å². The van der Waals surface area contributed by atoms with Gasteiger partial charge in [0.05, 0.1) is 31.3 Å². The number of hydrogen-bond acceptors (Lipinski definition) is 6. The highest BCUT2D eigenvalue weighted by molar-refractivity contribution is 7.89. The van der Waals surface area contributed by atoms with Crippen LogP contribution < -0.4 is 14.8 Å². The summed E-state index contributed by atoms with van der Waals surface area (Å²) >= 11 is 0. The van der Waals surface area contributed by atoms with E-state index in [0.29, 0.717) is 37.1 Å². The highest BCUT2D eigenvalue weighted by atomic mass is 32.2. The Hall–Kier alpha value is -2.62. The van der Waals surface area contributed by atoms with Gasteiger partial charge in [0.2, 0.25) is 15.9 Å². The molecule has 2 aromatic carbocycles. The van der Waals surface area contributed by atoms with Crippen LogP contribution in [0.15, 0.2) is 47.4 Å². The second-order valence-electron chi connectivity index (χ2n) is 8.86. The van der Waals surface area contributed by atoms with E-state index >= 15 is 0 Å². The van der Waals surface area contributed by atoms with Crippen LogP contribution in [0.3, 0.4) is 0 Å². The van der Waals surface area contributed by atoms with Crippen LogP contribution >= 0.6 is 0 Å². The smallest absolute Gasteiger partial charge is 0.243 e. The summed E-state index contributed by atoms with van der Waals surface area (Å²) in [5.74, 6) is 1.02. The van der Waals surface area contributed by atoms with Crippen LogP contribution in [0.1, 0.15) is 37.7 Å². The van der Waals surface area contributed by atoms with Gasteiger partial charge in [0, 0.05) is 25.7 Å². The third-order valence-corrected chi connectivity index (χ3v) is 8.25. The van der Waals surface area contributed by atoms with E-state index in [1.54, 1.807) is 19.2 Å². The minimum Gasteiger partial charge on any atom is -0.497 e. The quantitative estimate of drug-likeness (QED) is 0.552. The number of nitrogens with one attached hydrogen (secondary N) is 1. The molecule has 8 nitrogen and oxygen atoms in total. The third-order valence-electron chi connectivity index (χ3n) is 6.35. The molecule has 184 valence electrons. The number of hydrogen-bond donors (Lipinski definition) is 1. The number of rotatable bonds is 10. The predicted octanol–water partition coefficient (Wildman–Crippen LogP) is 3.48. The average molecular weight is 488 g/mol. The molecular weight excluding hydrogens is 454 g/mol. The zero-order valence-corrected chi connectivity index (χ0v) is 20.6. The van der Waals surface area contributed by atoms with Crippen molar-refractivity contribution in [2.24, 2.45) is 0 Å². The summed E-state index contributed by atoms with van der Waals surface area (Å²) in [6, 6.07) is 12.9. The molecule has 1 saturated carbocycles. The summed E-state index contributed by atoms with van der Waals surface area (Å²) in [5.41, 5.74) is 1.47. The number of benzene rings is 2. The van der Waals surface area contributed by atoms with E-state index in [2.05, 4.69) is 10.2 Å². The number of amides is 1. The van der Waals surface area contributed by atoms with Gasteiger partial charge in [-0.2, -0.15) is 4.31 Å². The maximum absolute atomic E-state index is 13.1. The molecule has 1 N–H and O–H groups in total. The van der Waals surface area contributed by atoms with Gasteiger partial charge in [-0.1, -0.05) is 18.6 Å². The molecular formula is C25H33N3O5S. The van der Waals surface area contributed by atoms with Gasteiger partial charge in [0.1, 0.15) is 11.5 Å². The monoisotopic (exact) mass is 487 g/mol. The molecule has 0 aromatic heterocycles. The number of nitrogens with zero attached hydrogens (tertiary/aromatic N) is 2. The van der Waals surface area contributed by atoms with Gasteiger partial charge in [0.25, 0.3) is 0 Å². The lowest BCUT2D eigenvalue weighted by Gasteiger charge is -2.26. The summed E-state index contributed by atoms with van der Waals surface area (Å²) in [5, 5.41) is 2.89. The summed E-state index contributed by atoms with van der Waals surface area (Å²) in [6.07, 6.45) is 4.91. The fourth-order valence-electron chi connectivity index (χ4n) is 4.29. The first-order valence-electron chi connectivity index (χ1n) is 11.8. The van der Waals surface area contributed by atoms with E-state index in [-0.39, 0.29) is 17.3 Å². The average Bonchev–Trinajstić information content (AvgIpc) is 3.70. The number of ether oxygens (including phenoxy) is 2.